The van der Waals surface area contributed by atoms with Gasteiger partial charge in [0.1, 0.15) is 6.79 Å². The summed E-state index contributed by atoms with van der Waals surface area (Å²) in [5, 5.41) is 0. The second-order valence-electron chi connectivity index (χ2n) is 3.54. The predicted octanol–water partition coefficient (Wildman–Crippen LogP) is 3.72. The lowest BCUT2D eigenvalue weighted by atomic mass is 10.0. The van der Waals surface area contributed by atoms with Crippen LogP contribution in [0.5, 0.6) is 0 Å². The zero-order valence-corrected chi connectivity index (χ0v) is 8.19. The monoisotopic (exact) mass is 170 g/mol. The third-order valence-corrected chi connectivity index (χ3v) is 2.50. The quantitative estimate of drug-likeness (QED) is 0.541. The van der Waals surface area contributed by atoms with Crippen LogP contribution in [0.1, 0.15) is 64.2 Å². The van der Waals surface area contributed by atoms with Gasteiger partial charge < -0.3 is 4.79 Å². The fraction of sp³-hybridized carbons (Fsp3) is 0.909. The highest BCUT2D eigenvalue weighted by Crippen LogP contribution is 2.15. The van der Waals surface area contributed by atoms with Crippen molar-refractivity contribution < 1.29 is 4.79 Å². The van der Waals surface area contributed by atoms with Crippen molar-refractivity contribution in [3.8, 4) is 0 Å². The van der Waals surface area contributed by atoms with Gasteiger partial charge in [-0.05, 0) is 0 Å². The molecule has 0 aromatic heterocycles. The first-order chi connectivity index (χ1) is 6.00. The third-order valence-electron chi connectivity index (χ3n) is 2.50. The van der Waals surface area contributed by atoms with Crippen molar-refractivity contribution in [3.63, 3.8) is 0 Å². The van der Waals surface area contributed by atoms with E-state index in [0.717, 1.165) is 0 Å². The first-order valence-corrected chi connectivity index (χ1v) is 5.29. The standard InChI is InChI=1S/C10H20.CH2O/c1-2-4-6-8-10-9-7-5-3-1;1-2/h1-10H2;1H2. The van der Waals surface area contributed by atoms with Crippen molar-refractivity contribution in [2.24, 2.45) is 0 Å². The largest absolute Gasteiger partial charge is 0.307 e. The van der Waals surface area contributed by atoms with Crippen LogP contribution in [0.2, 0.25) is 0 Å². The van der Waals surface area contributed by atoms with Gasteiger partial charge in [0.2, 0.25) is 0 Å². The fourth-order valence-electron chi connectivity index (χ4n) is 1.77. The van der Waals surface area contributed by atoms with Crippen LogP contribution in [-0.2, 0) is 4.79 Å². The Morgan fingerprint density at radius 1 is 0.417 bits per heavy atom. The number of hydrogen-bond acceptors (Lipinski definition) is 1. The molecule has 1 heteroatoms. The highest BCUT2D eigenvalue weighted by molar-refractivity contribution is 5.10. The van der Waals surface area contributed by atoms with Crippen LogP contribution in [0.15, 0.2) is 0 Å². The molecule has 0 amide bonds. The van der Waals surface area contributed by atoms with Gasteiger partial charge >= 0.3 is 0 Å². The van der Waals surface area contributed by atoms with Crippen LogP contribution in [0, 0.1) is 0 Å². The van der Waals surface area contributed by atoms with Gasteiger partial charge in [0, 0.05) is 0 Å². The van der Waals surface area contributed by atoms with E-state index >= 15 is 0 Å². The maximum atomic E-state index is 8.00. The minimum atomic E-state index is 1.50. The molecule has 1 rings (SSSR count). The Labute approximate surface area is 76.6 Å². The number of rotatable bonds is 0. The molecule has 1 saturated carbocycles. The maximum absolute atomic E-state index is 8.00. The SMILES string of the molecule is C1CCCCCCCCC1.C=O. The van der Waals surface area contributed by atoms with Gasteiger partial charge in [0.05, 0.1) is 0 Å². The predicted molar refractivity (Wildman–Crippen MR) is 53.3 cm³/mol. The molecule has 72 valence electrons. The normalized spacial score (nSPS) is 20.3. The molecule has 0 heterocycles. The molecule has 1 nitrogen and oxygen atoms in total. The molecular weight excluding hydrogens is 148 g/mol. The molecule has 0 N–H and O–H groups in total. The Bertz CT molecular complexity index is 47.9. The van der Waals surface area contributed by atoms with E-state index < -0.39 is 0 Å². The Morgan fingerprint density at radius 2 is 0.500 bits per heavy atom. The molecule has 0 spiro atoms. The zero-order chi connectivity index (χ0) is 9.07. The van der Waals surface area contributed by atoms with E-state index in [2.05, 4.69) is 0 Å². The molecule has 0 bridgehead atoms. The Kier molecular flexibility index (Phi) is 10.4. The summed E-state index contributed by atoms with van der Waals surface area (Å²) in [4.78, 5) is 8.00. The van der Waals surface area contributed by atoms with Gasteiger partial charge in [-0.1, -0.05) is 64.2 Å². The van der Waals surface area contributed by atoms with Gasteiger partial charge in [-0.25, -0.2) is 0 Å². The molecule has 0 radical (unpaired) electrons. The molecule has 0 atom stereocenters. The van der Waals surface area contributed by atoms with Crippen LogP contribution in [-0.4, -0.2) is 6.79 Å². The van der Waals surface area contributed by atoms with Gasteiger partial charge in [0.15, 0.2) is 0 Å². The summed E-state index contributed by atoms with van der Waals surface area (Å²) in [6.07, 6.45) is 15.0. The number of carbonyl (C=O) groups excluding carboxylic acids is 1. The average Bonchev–Trinajstić information content (AvgIpc) is 2.18. The fourth-order valence-corrected chi connectivity index (χ4v) is 1.77. The first kappa shape index (κ1) is 11.7. The van der Waals surface area contributed by atoms with Crippen LogP contribution in [0.4, 0.5) is 0 Å². The molecule has 0 unspecified atom stereocenters. The van der Waals surface area contributed by atoms with E-state index in [4.69, 9.17) is 4.79 Å². The van der Waals surface area contributed by atoms with Gasteiger partial charge in [-0.2, -0.15) is 0 Å². The first-order valence-electron chi connectivity index (χ1n) is 5.29. The summed E-state index contributed by atoms with van der Waals surface area (Å²) in [7, 11) is 0. The molecule has 1 aliphatic carbocycles. The smallest absolute Gasteiger partial charge is 0.106 e. The molecular formula is C11H22O. The van der Waals surface area contributed by atoms with Gasteiger partial charge in [0.25, 0.3) is 0 Å². The van der Waals surface area contributed by atoms with E-state index in [1.807, 2.05) is 6.79 Å². The van der Waals surface area contributed by atoms with E-state index in [0.29, 0.717) is 0 Å². The van der Waals surface area contributed by atoms with Crippen LogP contribution in [0.25, 0.3) is 0 Å². The van der Waals surface area contributed by atoms with Crippen LogP contribution >= 0.6 is 0 Å². The van der Waals surface area contributed by atoms with Crippen molar-refractivity contribution in [1.82, 2.24) is 0 Å². The number of carbonyl (C=O) groups is 1. The Hall–Kier alpha value is -0.330. The highest BCUT2D eigenvalue weighted by Gasteiger charge is 1.95. The molecule has 0 aromatic carbocycles. The second kappa shape index (κ2) is 10.7. The van der Waals surface area contributed by atoms with Crippen LogP contribution in [0.3, 0.4) is 0 Å². The van der Waals surface area contributed by atoms with Crippen LogP contribution < -0.4 is 0 Å². The highest BCUT2D eigenvalue weighted by atomic mass is 16.1. The minimum Gasteiger partial charge on any atom is -0.307 e. The second-order valence-corrected chi connectivity index (χ2v) is 3.54. The summed E-state index contributed by atoms with van der Waals surface area (Å²) in [5.74, 6) is 0. The molecule has 0 aromatic rings. The lowest BCUT2D eigenvalue weighted by molar-refractivity contribution is -0.0979. The molecule has 1 aliphatic rings. The van der Waals surface area contributed by atoms with E-state index in [-0.39, 0.29) is 0 Å². The zero-order valence-electron chi connectivity index (χ0n) is 8.19. The van der Waals surface area contributed by atoms with Gasteiger partial charge in [-0.3, -0.25) is 0 Å². The topological polar surface area (TPSA) is 17.1 Å². The van der Waals surface area contributed by atoms with Crippen molar-refractivity contribution in [1.29, 1.82) is 0 Å². The average molecular weight is 170 g/mol. The van der Waals surface area contributed by atoms with Crippen molar-refractivity contribution in [3.05, 3.63) is 0 Å². The van der Waals surface area contributed by atoms with Gasteiger partial charge in [-0.15, -0.1) is 0 Å². The van der Waals surface area contributed by atoms with Crippen molar-refractivity contribution in [2.45, 2.75) is 64.2 Å². The maximum Gasteiger partial charge on any atom is 0.106 e. The third kappa shape index (κ3) is 7.77. The summed E-state index contributed by atoms with van der Waals surface area (Å²) in [6, 6.07) is 0. The number of hydrogen-bond donors (Lipinski definition) is 0. The van der Waals surface area contributed by atoms with E-state index in [9.17, 15) is 0 Å². The lowest BCUT2D eigenvalue weighted by Gasteiger charge is -2.05. The Balaban J connectivity index is 0.000000561. The molecule has 12 heavy (non-hydrogen) atoms. The summed E-state index contributed by atoms with van der Waals surface area (Å²) >= 11 is 0. The lowest BCUT2D eigenvalue weighted by Crippen LogP contribution is -1.85. The molecule has 0 aliphatic heterocycles. The van der Waals surface area contributed by atoms with Crippen molar-refractivity contribution >= 4 is 6.79 Å². The summed E-state index contributed by atoms with van der Waals surface area (Å²) in [6.45, 7) is 2.00. The molecule has 0 saturated heterocycles. The summed E-state index contributed by atoms with van der Waals surface area (Å²) in [5.41, 5.74) is 0. The van der Waals surface area contributed by atoms with Crippen molar-refractivity contribution in [2.75, 3.05) is 0 Å². The van der Waals surface area contributed by atoms with E-state index in [1.165, 1.54) is 64.2 Å². The Morgan fingerprint density at radius 3 is 0.583 bits per heavy atom. The minimum absolute atomic E-state index is 1.50. The molecule has 1 fully saturated rings. The summed E-state index contributed by atoms with van der Waals surface area (Å²) < 4.78 is 0. The van der Waals surface area contributed by atoms with E-state index in [1.54, 1.807) is 0 Å².